The van der Waals surface area contributed by atoms with E-state index in [1.54, 1.807) is 0 Å². The summed E-state index contributed by atoms with van der Waals surface area (Å²) in [6.07, 6.45) is 1.28. The van der Waals surface area contributed by atoms with E-state index >= 15 is 0 Å². The molecule has 1 fully saturated rings. The van der Waals surface area contributed by atoms with Crippen LogP contribution in [0.3, 0.4) is 0 Å². The van der Waals surface area contributed by atoms with Crippen LogP contribution in [0.4, 0.5) is 0 Å². The van der Waals surface area contributed by atoms with E-state index in [1.165, 1.54) is 0 Å². The van der Waals surface area contributed by atoms with E-state index < -0.39 is 13.6 Å². The molecule has 1 aliphatic heterocycles. The molecule has 1 N–H and O–H groups in total. The summed E-state index contributed by atoms with van der Waals surface area (Å²) in [5.74, 6) is -0.644. The van der Waals surface area contributed by atoms with E-state index in [2.05, 4.69) is 12.1 Å². The standard InChI is InChI=1S/C25H28O4P/c26-25-17-16-23(20-27-18-21-10-4-1-5-11-21)29-30(25,24-14-8-3-9-15-24)28-19-22-12-6-2-7-13-22/h1-15,23,25-26H,16-20H2/q+1. The number of hydrogen-bond acceptors (Lipinski definition) is 4. The van der Waals surface area contributed by atoms with Crippen molar-refractivity contribution in [2.75, 3.05) is 6.61 Å². The Bertz CT molecular complexity index is 891. The van der Waals surface area contributed by atoms with E-state index in [0.717, 1.165) is 22.9 Å². The zero-order valence-corrected chi connectivity index (χ0v) is 17.9. The molecule has 4 nitrogen and oxygen atoms in total. The summed E-state index contributed by atoms with van der Waals surface area (Å²) in [4.78, 5) is 0. The van der Waals surface area contributed by atoms with Crippen molar-refractivity contribution in [2.24, 2.45) is 0 Å². The lowest BCUT2D eigenvalue weighted by molar-refractivity contribution is 0.00630. The fraction of sp³-hybridized carbons (Fsp3) is 0.280. The highest BCUT2D eigenvalue weighted by atomic mass is 31.2. The van der Waals surface area contributed by atoms with Crippen LogP contribution in [0.1, 0.15) is 24.0 Å². The monoisotopic (exact) mass is 423 g/mol. The third-order valence-corrected chi connectivity index (χ3v) is 8.43. The topological polar surface area (TPSA) is 47.9 Å². The maximum absolute atomic E-state index is 11.0. The van der Waals surface area contributed by atoms with Gasteiger partial charge in [0.05, 0.1) is 13.2 Å². The number of hydrogen-bond donors (Lipinski definition) is 1. The molecule has 0 saturated carbocycles. The highest BCUT2D eigenvalue weighted by Gasteiger charge is 2.57. The molecular formula is C25H28O4P+. The van der Waals surface area contributed by atoms with Crippen molar-refractivity contribution >= 4 is 13.0 Å². The van der Waals surface area contributed by atoms with Gasteiger partial charge in [-0.15, -0.1) is 0 Å². The lowest BCUT2D eigenvalue weighted by Gasteiger charge is -2.35. The summed E-state index contributed by atoms with van der Waals surface area (Å²) in [5.41, 5.74) is 2.20. The van der Waals surface area contributed by atoms with Crippen LogP contribution < -0.4 is 5.30 Å². The largest absolute Gasteiger partial charge is 0.374 e. The Hall–Kier alpha value is -2.07. The highest BCUT2D eigenvalue weighted by molar-refractivity contribution is 7.74. The molecule has 1 aliphatic rings. The molecule has 156 valence electrons. The second-order valence-electron chi connectivity index (χ2n) is 7.48. The van der Waals surface area contributed by atoms with Gasteiger partial charge in [-0.05, 0) is 29.7 Å². The van der Waals surface area contributed by atoms with E-state index in [9.17, 15) is 5.11 Å². The lowest BCUT2D eigenvalue weighted by atomic mass is 10.2. The van der Waals surface area contributed by atoms with Crippen molar-refractivity contribution in [1.82, 2.24) is 0 Å². The van der Waals surface area contributed by atoms with Crippen LogP contribution >= 0.6 is 7.72 Å². The molecule has 1 heterocycles. The molecule has 0 bridgehead atoms. The first-order chi connectivity index (χ1) is 14.8. The van der Waals surface area contributed by atoms with E-state index in [-0.39, 0.29) is 6.10 Å². The molecule has 3 atom stereocenters. The van der Waals surface area contributed by atoms with Gasteiger partial charge in [0.15, 0.2) is 5.30 Å². The molecule has 3 aromatic carbocycles. The summed E-state index contributed by atoms with van der Waals surface area (Å²) in [7, 11) is -2.69. The molecule has 3 aromatic rings. The lowest BCUT2D eigenvalue weighted by Crippen LogP contribution is -2.37. The maximum Gasteiger partial charge on any atom is 0.336 e. The average Bonchev–Trinajstić information content (AvgIpc) is 2.81. The minimum Gasteiger partial charge on any atom is -0.374 e. The number of aliphatic hydroxyl groups is 1. The van der Waals surface area contributed by atoms with Crippen molar-refractivity contribution in [3.63, 3.8) is 0 Å². The van der Waals surface area contributed by atoms with Crippen LogP contribution in [0.2, 0.25) is 0 Å². The molecule has 4 rings (SSSR count). The minimum absolute atomic E-state index is 0.110. The van der Waals surface area contributed by atoms with Crippen molar-refractivity contribution in [2.45, 2.75) is 38.0 Å². The van der Waals surface area contributed by atoms with Gasteiger partial charge in [0.1, 0.15) is 12.7 Å². The summed E-state index contributed by atoms with van der Waals surface area (Å²) >= 11 is 0. The van der Waals surface area contributed by atoms with Gasteiger partial charge in [-0.25, -0.2) is 0 Å². The fourth-order valence-electron chi connectivity index (χ4n) is 3.65. The predicted octanol–water partition coefficient (Wildman–Crippen LogP) is 5.09. The summed E-state index contributed by atoms with van der Waals surface area (Å²) in [6, 6.07) is 30.0. The molecule has 0 aliphatic carbocycles. The molecule has 5 heteroatoms. The van der Waals surface area contributed by atoms with E-state index in [4.69, 9.17) is 13.8 Å². The van der Waals surface area contributed by atoms with Crippen molar-refractivity contribution in [3.8, 4) is 0 Å². The van der Waals surface area contributed by atoms with Crippen LogP contribution in [0.25, 0.3) is 0 Å². The Balaban J connectivity index is 1.48. The molecule has 1 saturated heterocycles. The summed E-state index contributed by atoms with van der Waals surface area (Å²) < 4.78 is 18.9. The van der Waals surface area contributed by atoms with Gasteiger partial charge in [-0.1, -0.05) is 78.9 Å². The Morgan fingerprint density at radius 2 is 1.33 bits per heavy atom. The van der Waals surface area contributed by atoms with Crippen LogP contribution in [0, 0.1) is 0 Å². The zero-order chi connectivity index (χ0) is 20.7. The SMILES string of the molecule is OC1CCC(COCc2ccccc2)O[P+]1(OCc1ccccc1)c1ccccc1. The van der Waals surface area contributed by atoms with E-state index in [1.807, 2.05) is 78.9 Å². The third kappa shape index (κ3) is 5.15. The normalized spacial score (nSPS) is 23.9. The Morgan fingerprint density at radius 3 is 1.97 bits per heavy atom. The maximum atomic E-state index is 11.0. The molecular weight excluding hydrogens is 395 g/mol. The van der Waals surface area contributed by atoms with Gasteiger partial charge in [0, 0.05) is 6.42 Å². The second-order valence-corrected chi connectivity index (χ2v) is 10.3. The van der Waals surface area contributed by atoms with Gasteiger partial charge in [-0.2, -0.15) is 9.05 Å². The first-order valence-electron chi connectivity index (χ1n) is 10.4. The minimum atomic E-state index is -2.69. The van der Waals surface area contributed by atoms with Crippen LogP contribution in [0.5, 0.6) is 0 Å². The highest BCUT2D eigenvalue weighted by Crippen LogP contribution is 2.67. The quantitative estimate of drug-likeness (QED) is 0.513. The third-order valence-electron chi connectivity index (χ3n) is 5.24. The Labute approximate surface area is 178 Å². The molecule has 0 amide bonds. The smallest absolute Gasteiger partial charge is 0.336 e. The predicted molar refractivity (Wildman–Crippen MR) is 120 cm³/mol. The molecule has 0 aromatic heterocycles. The Morgan fingerprint density at radius 1 is 0.767 bits per heavy atom. The number of benzene rings is 3. The Kier molecular flexibility index (Phi) is 7.27. The first kappa shape index (κ1) is 21.2. The molecule has 0 radical (unpaired) electrons. The van der Waals surface area contributed by atoms with Crippen LogP contribution in [-0.4, -0.2) is 23.7 Å². The van der Waals surface area contributed by atoms with Crippen LogP contribution in [-0.2, 0) is 27.0 Å². The summed E-state index contributed by atoms with van der Waals surface area (Å²) in [6.45, 7) is 1.42. The van der Waals surface area contributed by atoms with Gasteiger partial charge < -0.3 is 9.84 Å². The molecule has 30 heavy (non-hydrogen) atoms. The van der Waals surface area contributed by atoms with Gasteiger partial charge in [0.2, 0.25) is 5.85 Å². The zero-order valence-electron chi connectivity index (χ0n) is 17.0. The molecule has 3 unspecified atom stereocenters. The van der Waals surface area contributed by atoms with Gasteiger partial charge in [-0.3, -0.25) is 0 Å². The first-order valence-corrected chi connectivity index (χ1v) is 12.1. The van der Waals surface area contributed by atoms with Gasteiger partial charge >= 0.3 is 7.72 Å². The van der Waals surface area contributed by atoms with Crippen molar-refractivity contribution in [3.05, 3.63) is 102 Å². The summed E-state index contributed by atoms with van der Waals surface area (Å²) in [5, 5.41) is 12.0. The molecule has 0 spiro atoms. The van der Waals surface area contributed by atoms with Crippen LogP contribution in [0.15, 0.2) is 91.0 Å². The second kappa shape index (κ2) is 10.3. The van der Waals surface area contributed by atoms with Gasteiger partial charge in [0.25, 0.3) is 0 Å². The number of ether oxygens (including phenoxy) is 1. The fourth-order valence-corrected chi connectivity index (χ4v) is 6.67. The number of aliphatic hydroxyl groups excluding tert-OH is 1. The number of rotatable bonds is 8. The average molecular weight is 423 g/mol. The van der Waals surface area contributed by atoms with Crippen molar-refractivity contribution < 1.29 is 18.9 Å². The van der Waals surface area contributed by atoms with Crippen molar-refractivity contribution in [1.29, 1.82) is 0 Å². The van der Waals surface area contributed by atoms with E-state index in [0.29, 0.717) is 26.2 Å².